The second-order valence-corrected chi connectivity index (χ2v) is 7.46. The quantitative estimate of drug-likeness (QED) is 0.390. The van der Waals surface area contributed by atoms with Crippen molar-refractivity contribution in [2.75, 3.05) is 6.61 Å². The van der Waals surface area contributed by atoms with Crippen LogP contribution in [-0.4, -0.2) is 16.5 Å². The summed E-state index contributed by atoms with van der Waals surface area (Å²) in [6.07, 6.45) is 4.94. The lowest BCUT2D eigenvalue weighted by Gasteiger charge is -2.07. The lowest BCUT2D eigenvalue weighted by molar-refractivity contribution is -0.384. The monoisotopic (exact) mass is 368 g/mol. The molecule has 0 spiro atoms. The number of thiazole rings is 1. The fraction of sp³-hybridized carbons (Fsp3) is 0.250. The smallest absolute Gasteiger partial charge is 0.271 e. The Hall–Kier alpha value is -2.73. The molecule has 1 heterocycles. The predicted octanol–water partition coefficient (Wildman–Crippen LogP) is 5.80. The average molecular weight is 368 g/mol. The zero-order chi connectivity index (χ0) is 18.5. The lowest BCUT2D eigenvalue weighted by atomic mass is 10.1. The second-order valence-electron chi connectivity index (χ2n) is 6.39. The summed E-state index contributed by atoms with van der Waals surface area (Å²) in [5.74, 6) is 1.50. The summed E-state index contributed by atoms with van der Waals surface area (Å²) in [5, 5.41) is 11.7. The zero-order valence-corrected chi connectivity index (χ0v) is 15.5. The molecule has 0 amide bonds. The van der Waals surface area contributed by atoms with E-state index in [0.29, 0.717) is 11.4 Å². The molecule has 26 heavy (non-hydrogen) atoms. The number of rotatable bonds is 7. The van der Waals surface area contributed by atoms with E-state index in [1.54, 1.807) is 6.07 Å². The SMILES string of the molecule is CC(C)CCOc1ccc(/C=C\c2nc3cc([N+](=O)[O-])ccc3s2)cc1. The van der Waals surface area contributed by atoms with Crippen LogP contribution in [0.15, 0.2) is 42.5 Å². The van der Waals surface area contributed by atoms with Crippen LogP contribution >= 0.6 is 11.3 Å². The van der Waals surface area contributed by atoms with Gasteiger partial charge in [0.2, 0.25) is 0 Å². The van der Waals surface area contributed by atoms with E-state index < -0.39 is 4.92 Å². The standard InChI is InChI=1S/C20H20N2O3S/c1-14(2)11-12-25-17-7-3-15(4-8-17)5-10-20-21-18-13-16(22(23)24)6-9-19(18)26-20/h3-10,13-14H,11-12H2,1-2H3/b10-5-. The third-order valence-electron chi connectivity index (χ3n) is 3.86. The van der Waals surface area contributed by atoms with Crippen LogP contribution in [-0.2, 0) is 0 Å². The average Bonchev–Trinajstić information content (AvgIpc) is 3.02. The molecule has 0 N–H and O–H groups in total. The summed E-state index contributed by atoms with van der Waals surface area (Å²) in [6, 6.07) is 12.7. The first kappa shape index (κ1) is 18.1. The number of nitrogens with zero attached hydrogens (tertiary/aromatic N) is 2. The van der Waals surface area contributed by atoms with E-state index in [4.69, 9.17) is 4.74 Å². The summed E-state index contributed by atoms with van der Waals surface area (Å²) in [5.41, 5.74) is 1.76. The van der Waals surface area contributed by atoms with Gasteiger partial charge in [0.25, 0.3) is 5.69 Å². The molecule has 0 radical (unpaired) electrons. The Balaban J connectivity index is 1.67. The Bertz CT molecular complexity index is 930. The molecule has 0 aliphatic heterocycles. The number of aromatic nitrogens is 1. The maximum atomic E-state index is 10.8. The summed E-state index contributed by atoms with van der Waals surface area (Å²) in [4.78, 5) is 14.9. The molecule has 2 aromatic carbocycles. The van der Waals surface area contributed by atoms with E-state index in [9.17, 15) is 10.1 Å². The summed E-state index contributed by atoms with van der Waals surface area (Å²) < 4.78 is 6.65. The van der Waals surface area contributed by atoms with Crippen molar-refractivity contribution < 1.29 is 9.66 Å². The molecule has 3 aromatic rings. The molecule has 3 rings (SSSR count). The summed E-state index contributed by atoms with van der Waals surface area (Å²) in [6.45, 7) is 5.08. The first-order chi connectivity index (χ1) is 12.5. The van der Waals surface area contributed by atoms with Gasteiger partial charge in [-0.15, -0.1) is 11.3 Å². The van der Waals surface area contributed by atoms with E-state index in [-0.39, 0.29) is 5.69 Å². The fourth-order valence-corrected chi connectivity index (χ4v) is 3.22. The summed E-state index contributed by atoms with van der Waals surface area (Å²) in [7, 11) is 0. The maximum absolute atomic E-state index is 10.8. The fourth-order valence-electron chi connectivity index (χ4n) is 2.37. The lowest BCUT2D eigenvalue weighted by Crippen LogP contribution is -2.01. The van der Waals surface area contributed by atoms with Crippen molar-refractivity contribution in [1.82, 2.24) is 4.98 Å². The number of hydrogen-bond acceptors (Lipinski definition) is 5. The molecule has 0 saturated heterocycles. The number of fused-ring (bicyclic) bond motifs is 1. The number of nitro groups is 1. The highest BCUT2D eigenvalue weighted by Crippen LogP contribution is 2.27. The van der Waals surface area contributed by atoms with Crippen LogP contribution in [0, 0.1) is 16.0 Å². The zero-order valence-electron chi connectivity index (χ0n) is 14.7. The van der Waals surface area contributed by atoms with Gasteiger partial charge in [-0.05, 0) is 42.2 Å². The molecule has 6 heteroatoms. The van der Waals surface area contributed by atoms with E-state index in [1.807, 2.05) is 36.4 Å². The van der Waals surface area contributed by atoms with Crippen molar-refractivity contribution in [2.45, 2.75) is 20.3 Å². The van der Waals surface area contributed by atoms with E-state index in [2.05, 4.69) is 18.8 Å². The molecule has 0 aliphatic carbocycles. The van der Waals surface area contributed by atoms with Crippen LogP contribution in [0.3, 0.4) is 0 Å². The van der Waals surface area contributed by atoms with Crippen molar-refractivity contribution in [1.29, 1.82) is 0 Å². The Morgan fingerprint density at radius 1 is 1.19 bits per heavy atom. The van der Waals surface area contributed by atoms with Gasteiger partial charge in [-0.2, -0.15) is 0 Å². The van der Waals surface area contributed by atoms with Gasteiger partial charge in [-0.1, -0.05) is 32.1 Å². The van der Waals surface area contributed by atoms with Crippen LogP contribution in [0.2, 0.25) is 0 Å². The van der Waals surface area contributed by atoms with Gasteiger partial charge in [0.1, 0.15) is 10.8 Å². The molecule has 0 saturated carbocycles. The molecule has 0 bridgehead atoms. The molecule has 134 valence electrons. The third kappa shape index (κ3) is 4.67. The van der Waals surface area contributed by atoms with E-state index in [1.165, 1.54) is 23.5 Å². The van der Waals surface area contributed by atoms with Gasteiger partial charge in [0, 0.05) is 12.1 Å². The van der Waals surface area contributed by atoms with Crippen molar-refractivity contribution >= 4 is 39.4 Å². The predicted molar refractivity (Wildman–Crippen MR) is 107 cm³/mol. The van der Waals surface area contributed by atoms with Gasteiger partial charge in [-0.25, -0.2) is 4.98 Å². The number of benzene rings is 2. The minimum absolute atomic E-state index is 0.0615. The van der Waals surface area contributed by atoms with E-state index in [0.717, 1.165) is 34.0 Å². The molecular formula is C20H20N2O3S. The number of hydrogen-bond donors (Lipinski definition) is 0. The number of ether oxygens (including phenoxy) is 1. The molecule has 0 fully saturated rings. The van der Waals surface area contributed by atoms with Gasteiger partial charge in [-0.3, -0.25) is 10.1 Å². The normalized spacial score (nSPS) is 11.5. The largest absolute Gasteiger partial charge is 0.494 e. The first-order valence-corrected chi connectivity index (χ1v) is 9.29. The van der Waals surface area contributed by atoms with Crippen LogP contribution < -0.4 is 4.74 Å². The van der Waals surface area contributed by atoms with Crippen molar-refractivity contribution in [3.63, 3.8) is 0 Å². The van der Waals surface area contributed by atoms with Gasteiger partial charge in [0.05, 0.1) is 21.7 Å². The topological polar surface area (TPSA) is 65.3 Å². The van der Waals surface area contributed by atoms with Crippen LogP contribution in [0.5, 0.6) is 5.75 Å². The highest BCUT2D eigenvalue weighted by Gasteiger charge is 2.09. The highest BCUT2D eigenvalue weighted by molar-refractivity contribution is 7.19. The number of nitro benzene ring substituents is 1. The molecular weight excluding hydrogens is 348 g/mol. The molecule has 0 unspecified atom stereocenters. The van der Waals surface area contributed by atoms with Crippen LogP contribution in [0.4, 0.5) is 5.69 Å². The highest BCUT2D eigenvalue weighted by atomic mass is 32.1. The van der Waals surface area contributed by atoms with Gasteiger partial charge >= 0.3 is 0 Å². The Kier molecular flexibility index (Phi) is 5.63. The maximum Gasteiger partial charge on any atom is 0.271 e. The molecule has 5 nitrogen and oxygen atoms in total. The van der Waals surface area contributed by atoms with Crippen molar-refractivity contribution in [2.24, 2.45) is 5.92 Å². The molecule has 0 atom stereocenters. The number of non-ortho nitro benzene ring substituents is 1. The van der Waals surface area contributed by atoms with Gasteiger partial charge in [0.15, 0.2) is 0 Å². The second kappa shape index (κ2) is 8.10. The van der Waals surface area contributed by atoms with Crippen LogP contribution in [0.1, 0.15) is 30.8 Å². The Morgan fingerprint density at radius 3 is 2.65 bits per heavy atom. The van der Waals surface area contributed by atoms with Gasteiger partial charge < -0.3 is 4.74 Å². The third-order valence-corrected chi connectivity index (χ3v) is 4.86. The van der Waals surface area contributed by atoms with Crippen molar-refractivity contribution in [3.05, 3.63) is 63.1 Å². The van der Waals surface area contributed by atoms with E-state index >= 15 is 0 Å². The minimum Gasteiger partial charge on any atom is -0.494 e. The first-order valence-electron chi connectivity index (χ1n) is 8.47. The van der Waals surface area contributed by atoms with Crippen LogP contribution in [0.25, 0.3) is 22.4 Å². The Morgan fingerprint density at radius 2 is 1.96 bits per heavy atom. The Labute approximate surface area is 156 Å². The molecule has 0 aliphatic rings. The minimum atomic E-state index is -0.404. The van der Waals surface area contributed by atoms with Crippen molar-refractivity contribution in [3.8, 4) is 5.75 Å². The summed E-state index contributed by atoms with van der Waals surface area (Å²) >= 11 is 1.51. The molecule has 1 aromatic heterocycles.